The fourth-order valence-electron chi connectivity index (χ4n) is 4.52. The maximum absolute atomic E-state index is 13.3. The largest absolute Gasteiger partial charge is 0.379 e. The van der Waals surface area contributed by atoms with E-state index < -0.39 is 6.17 Å². The maximum Gasteiger partial charge on any atom is 0.260 e. The summed E-state index contributed by atoms with van der Waals surface area (Å²) < 4.78 is 5.34. The van der Waals surface area contributed by atoms with Crippen LogP contribution in [0.25, 0.3) is 0 Å². The van der Waals surface area contributed by atoms with Crippen LogP contribution in [0, 0.1) is 0 Å². The molecule has 0 saturated carbocycles. The molecule has 0 aromatic heterocycles. The number of benzene rings is 2. The minimum absolute atomic E-state index is 0.112. The van der Waals surface area contributed by atoms with Crippen LogP contribution in [-0.4, -0.2) is 73.5 Å². The van der Waals surface area contributed by atoms with Crippen molar-refractivity contribution in [2.75, 3.05) is 50.8 Å². The fraction of sp³-hybridized carbons (Fsp3) is 0.348. The van der Waals surface area contributed by atoms with E-state index in [0.29, 0.717) is 36.6 Å². The molecule has 1 atom stereocenters. The van der Waals surface area contributed by atoms with Gasteiger partial charge >= 0.3 is 0 Å². The molecule has 2 aromatic rings. The Morgan fingerprint density at radius 3 is 2.48 bits per heavy atom. The third-order valence-corrected chi connectivity index (χ3v) is 6.05. The summed E-state index contributed by atoms with van der Waals surface area (Å²) in [6.07, 6.45) is -0.615. The summed E-state index contributed by atoms with van der Waals surface area (Å²) in [7, 11) is 0. The monoisotopic (exact) mass is 420 g/mol. The average Bonchev–Trinajstić information content (AvgIpc) is 3.10. The number of nitrogens with zero attached hydrogens (tertiary/aromatic N) is 3. The second kappa shape index (κ2) is 8.13. The third-order valence-electron chi connectivity index (χ3n) is 6.05. The first-order chi connectivity index (χ1) is 15.1. The molecule has 0 bridgehead atoms. The van der Waals surface area contributed by atoms with E-state index in [1.54, 1.807) is 29.2 Å². The van der Waals surface area contributed by atoms with Crippen LogP contribution in [0.4, 0.5) is 5.69 Å². The van der Waals surface area contributed by atoms with Crippen molar-refractivity contribution in [3.05, 3.63) is 65.2 Å². The highest BCUT2D eigenvalue weighted by molar-refractivity contribution is 6.17. The molecule has 5 rings (SSSR count). The predicted octanol–water partition coefficient (Wildman–Crippen LogP) is 1.25. The van der Waals surface area contributed by atoms with Crippen molar-refractivity contribution in [1.29, 1.82) is 0 Å². The zero-order valence-corrected chi connectivity index (χ0v) is 17.1. The van der Waals surface area contributed by atoms with Crippen LogP contribution in [-0.2, 0) is 9.53 Å². The zero-order chi connectivity index (χ0) is 21.4. The minimum atomic E-state index is -0.615. The van der Waals surface area contributed by atoms with Gasteiger partial charge in [0.2, 0.25) is 5.91 Å². The van der Waals surface area contributed by atoms with Gasteiger partial charge in [0.15, 0.2) is 0 Å². The van der Waals surface area contributed by atoms with Crippen molar-refractivity contribution in [3.8, 4) is 0 Å². The van der Waals surface area contributed by atoms with Gasteiger partial charge in [-0.25, -0.2) is 0 Å². The number of nitrogens with one attached hydrogen (secondary N) is 1. The molecule has 0 aliphatic carbocycles. The van der Waals surface area contributed by atoms with Gasteiger partial charge in [0.05, 0.1) is 24.5 Å². The number of fused-ring (bicyclic) bond motifs is 5. The number of amides is 3. The summed E-state index contributed by atoms with van der Waals surface area (Å²) in [5.41, 5.74) is 2.33. The molecular formula is C23H24N4O4. The number of morpholine rings is 1. The molecular weight excluding hydrogens is 396 g/mol. The first-order valence-corrected chi connectivity index (χ1v) is 10.5. The molecule has 0 spiro atoms. The summed E-state index contributed by atoms with van der Waals surface area (Å²) in [6, 6.07) is 14.3. The molecule has 0 unspecified atom stereocenters. The lowest BCUT2D eigenvalue weighted by atomic mass is 10.0. The van der Waals surface area contributed by atoms with Crippen LogP contribution in [0.1, 0.15) is 32.4 Å². The number of carbonyl (C=O) groups is 3. The van der Waals surface area contributed by atoms with E-state index in [9.17, 15) is 14.4 Å². The molecule has 2 aromatic carbocycles. The van der Waals surface area contributed by atoms with Crippen molar-refractivity contribution in [1.82, 2.24) is 15.1 Å². The van der Waals surface area contributed by atoms with Crippen molar-refractivity contribution >= 4 is 23.4 Å². The van der Waals surface area contributed by atoms with Crippen molar-refractivity contribution in [2.24, 2.45) is 0 Å². The highest BCUT2D eigenvalue weighted by atomic mass is 16.5. The van der Waals surface area contributed by atoms with E-state index in [4.69, 9.17) is 4.74 Å². The molecule has 31 heavy (non-hydrogen) atoms. The Labute approximate surface area is 180 Å². The molecule has 160 valence electrons. The zero-order valence-electron chi connectivity index (χ0n) is 17.1. The summed E-state index contributed by atoms with van der Waals surface area (Å²) in [6.45, 7) is 4.25. The molecule has 3 heterocycles. The van der Waals surface area contributed by atoms with Crippen LogP contribution in [0.2, 0.25) is 0 Å². The van der Waals surface area contributed by atoms with Crippen LogP contribution >= 0.6 is 0 Å². The molecule has 8 nitrogen and oxygen atoms in total. The van der Waals surface area contributed by atoms with Gasteiger partial charge in [-0.05, 0) is 18.2 Å². The van der Waals surface area contributed by atoms with Crippen molar-refractivity contribution < 1.29 is 19.1 Å². The lowest BCUT2D eigenvalue weighted by molar-refractivity contribution is -0.122. The average molecular weight is 420 g/mol. The number of para-hydroxylation sites is 1. The number of rotatable bonds is 5. The van der Waals surface area contributed by atoms with Crippen LogP contribution in [0.3, 0.4) is 0 Å². The lowest BCUT2D eigenvalue weighted by Gasteiger charge is -2.40. The summed E-state index contributed by atoms with van der Waals surface area (Å²) in [4.78, 5) is 44.6. The quantitative estimate of drug-likeness (QED) is 0.787. The number of ether oxygens (including phenoxy) is 1. The molecule has 1 fully saturated rings. The van der Waals surface area contributed by atoms with E-state index in [-0.39, 0.29) is 24.3 Å². The van der Waals surface area contributed by atoms with Gasteiger partial charge in [0.1, 0.15) is 12.7 Å². The summed E-state index contributed by atoms with van der Waals surface area (Å²) in [5, 5.41) is 2.92. The smallest absolute Gasteiger partial charge is 0.260 e. The molecule has 3 aliphatic rings. The first kappa shape index (κ1) is 19.7. The van der Waals surface area contributed by atoms with Gasteiger partial charge in [-0.2, -0.15) is 0 Å². The molecule has 3 amide bonds. The van der Waals surface area contributed by atoms with Crippen LogP contribution in [0.15, 0.2) is 48.5 Å². The van der Waals surface area contributed by atoms with Gasteiger partial charge in [0, 0.05) is 37.3 Å². The Kier molecular flexibility index (Phi) is 5.17. The number of carbonyl (C=O) groups excluding carboxylic acids is 3. The van der Waals surface area contributed by atoms with E-state index in [1.165, 1.54) is 4.90 Å². The highest BCUT2D eigenvalue weighted by Gasteiger charge is 2.47. The minimum Gasteiger partial charge on any atom is -0.379 e. The fourth-order valence-corrected chi connectivity index (χ4v) is 4.52. The summed E-state index contributed by atoms with van der Waals surface area (Å²) >= 11 is 0. The van der Waals surface area contributed by atoms with Crippen molar-refractivity contribution in [2.45, 2.75) is 6.17 Å². The molecule has 3 aliphatic heterocycles. The molecule has 8 heteroatoms. The number of hydrogen-bond donors (Lipinski definition) is 1. The number of hydrogen-bond acceptors (Lipinski definition) is 5. The standard InChI is InChI=1S/C23H24N4O4/c28-20(24-9-10-25-11-13-31-14-12-25)15-26-21-16-5-1-2-6-17(16)23(30)27(21)19-8-4-3-7-18(19)22(26)29/h1-8,21H,9-15H2,(H,24,28)/t21-/m0/s1. The van der Waals surface area contributed by atoms with Gasteiger partial charge in [-0.15, -0.1) is 0 Å². The Morgan fingerprint density at radius 1 is 0.968 bits per heavy atom. The Hall–Kier alpha value is -3.23. The van der Waals surface area contributed by atoms with E-state index in [2.05, 4.69) is 10.2 Å². The van der Waals surface area contributed by atoms with E-state index in [0.717, 1.165) is 25.2 Å². The SMILES string of the molecule is O=C(CN1C(=O)c2ccccc2N2C(=O)c3ccccc3[C@@H]12)NCCN1CCOCC1. The van der Waals surface area contributed by atoms with Gasteiger partial charge in [0.25, 0.3) is 11.8 Å². The van der Waals surface area contributed by atoms with Crippen LogP contribution in [0.5, 0.6) is 0 Å². The first-order valence-electron chi connectivity index (χ1n) is 10.5. The third kappa shape index (κ3) is 3.47. The Bertz CT molecular complexity index is 1030. The predicted molar refractivity (Wildman–Crippen MR) is 114 cm³/mol. The maximum atomic E-state index is 13.3. The normalized spacial score (nSPS) is 20.3. The Morgan fingerprint density at radius 2 is 1.68 bits per heavy atom. The second-order valence-electron chi connectivity index (χ2n) is 7.89. The summed E-state index contributed by atoms with van der Waals surface area (Å²) in [5.74, 6) is -0.638. The molecule has 1 saturated heterocycles. The van der Waals surface area contributed by atoms with Crippen molar-refractivity contribution in [3.63, 3.8) is 0 Å². The van der Waals surface area contributed by atoms with Gasteiger partial charge < -0.3 is 15.0 Å². The topological polar surface area (TPSA) is 82.2 Å². The lowest BCUT2D eigenvalue weighted by Crippen LogP contribution is -2.52. The molecule has 0 radical (unpaired) electrons. The van der Waals surface area contributed by atoms with E-state index in [1.807, 2.05) is 24.3 Å². The van der Waals surface area contributed by atoms with E-state index >= 15 is 0 Å². The van der Waals surface area contributed by atoms with Gasteiger partial charge in [-0.3, -0.25) is 24.2 Å². The number of anilines is 1. The Balaban J connectivity index is 1.37. The van der Waals surface area contributed by atoms with Gasteiger partial charge in [-0.1, -0.05) is 30.3 Å². The molecule has 1 N–H and O–H groups in total. The van der Waals surface area contributed by atoms with Crippen LogP contribution < -0.4 is 10.2 Å². The second-order valence-corrected chi connectivity index (χ2v) is 7.89. The highest BCUT2D eigenvalue weighted by Crippen LogP contribution is 2.44.